The Kier molecular flexibility index (Phi) is 13.0. The molecular weight excluding hydrogens is 616 g/mol. The predicted molar refractivity (Wildman–Crippen MR) is 166 cm³/mol. The largest absolute Gasteiger partial charge is 0.481 e. The van der Waals surface area contributed by atoms with Gasteiger partial charge in [-0.3, -0.25) is 28.8 Å². The van der Waals surface area contributed by atoms with Gasteiger partial charge in [0.1, 0.15) is 24.2 Å². The van der Waals surface area contributed by atoms with E-state index in [9.17, 15) is 43.8 Å². The summed E-state index contributed by atoms with van der Waals surface area (Å²) in [5.41, 5.74) is 7.58. The van der Waals surface area contributed by atoms with Crippen LogP contribution in [0.1, 0.15) is 30.4 Å². The number of hydrogen-bond donors (Lipinski definition) is 9. The average Bonchev–Trinajstić information content (AvgIpc) is 3.44. The number of carbonyl (C=O) groups excluding carboxylic acids is 4. The van der Waals surface area contributed by atoms with E-state index in [4.69, 9.17) is 10.8 Å². The van der Waals surface area contributed by atoms with Gasteiger partial charge in [0.2, 0.25) is 23.6 Å². The number of carboxylic acid groups (broad SMARTS) is 3. The van der Waals surface area contributed by atoms with E-state index < -0.39 is 91.5 Å². The molecule has 0 saturated heterocycles. The van der Waals surface area contributed by atoms with Crippen molar-refractivity contribution in [3.05, 3.63) is 71.9 Å². The van der Waals surface area contributed by atoms with E-state index in [-0.39, 0.29) is 12.8 Å². The maximum absolute atomic E-state index is 13.7. The molecule has 16 nitrogen and oxygen atoms in total. The number of H-pyrrole nitrogens is 1. The topological polar surface area (TPSA) is 270 Å². The summed E-state index contributed by atoms with van der Waals surface area (Å²) >= 11 is 0. The lowest BCUT2D eigenvalue weighted by molar-refractivity contribution is -0.147. The van der Waals surface area contributed by atoms with Gasteiger partial charge >= 0.3 is 17.9 Å². The van der Waals surface area contributed by atoms with Crippen LogP contribution < -0.4 is 27.0 Å². The Morgan fingerprint density at radius 2 is 1.26 bits per heavy atom. The zero-order valence-corrected chi connectivity index (χ0v) is 25.1. The van der Waals surface area contributed by atoms with Crippen LogP contribution in [0.4, 0.5) is 0 Å². The van der Waals surface area contributed by atoms with Crippen molar-refractivity contribution in [3.8, 4) is 0 Å². The molecule has 0 aliphatic heterocycles. The van der Waals surface area contributed by atoms with E-state index in [1.807, 2.05) is 29.6 Å². The second kappa shape index (κ2) is 17.1. The molecule has 0 bridgehead atoms. The fraction of sp³-hybridized carbons (Fsp3) is 0.323. The number of nitrogens with two attached hydrogens (primary N) is 1. The number of nitrogens with one attached hydrogen (secondary N) is 5. The number of aliphatic carboxylic acids is 3. The second-order valence-electron chi connectivity index (χ2n) is 10.6. The van der Waals surface area contributed by atoms with Crippen molar-refractivity contribution in [1.82, 2.24) is 26.3 Å². The van der Waals surface area contributed by atoms with Crippen LogP contribution in [0.2, 0.25) is 0 Å². The summed E-state index contributed by atoms with van der Waals surface area (Å²) in [5.74, 6) is -7.93. The predicted octanol–water partition coefficient (Wildman–Crippen LogP) is -0.725. The first-order chi connectivity index (χ1) is 22.4. The molecule has 0 radical (unpaired) electrons. The molecule has 0 unspecified atom stereocenters. The van der Waals surface area contributed by atoms with Crippen LogP contribution >= 0.6 is 0 Å². The second-order valence-corrected chi connectivity index (χ2v) is 10.6. The molecule has 47 heavy (non-hydrogen) atoms. The molecule has 2 aromatic carbocycles. The van der Waals surface area contributed by atoms with Crippen LogP contribution in [-0.4, -0.2) is 92.6 Å². The number of para-hydroxylation sites is 1. The highest BCUT2D eigenvalue weighted by Crippen LogP contribution is 2.19. The standard InChI is InChI=1S/C31H36N6O10/c32-15-25(38)34-23(13-18-16-33-20-9-5-4-8-19(18)20)30(45)36-22(12-17-6-2-1-3-7-17)29(44)35-21(10-11-26(39)40)28(43)37-24(31(46)47)14-27(41)42/h1-9,16,21-24,33H,10-15,32H2,(H,34,38)(H,35,44)(H,36,45)(H,37,43)(H,39,40)(H,41,42)(H,46,47)/t21-,22-,23-,24-/m0/s1. The molecule has 0 aliphatic carbocycles. The third-order valence-corrected chi connectivity index (χ3v) is 7.12. The highest BCUT2D eigenvalue weighted by atomic mass is 16.4. The minimum absolute atomic E-state index is 0.0189. The summed E-state index contributed by atoms with van der Waals surface area (Å²) in [6, 6.07) is 9.80. The van der Waals surface area contributed by atoms with Crippen molar-refractivity contribution in [2.75, 3.05) is 6.54 Å². The van der Waals surface area contributed by atoms with Crippen molar-refractivity contribution in [1.29, 1.82) is 0 Å². The molecule has 4 amide bonds. The summed E-state index contributed by atoms with van der Waals surface area (Å²) in [6.07, 6.45) is -0.442. The Morgan fingerprint density at radius 3 is 1.87 bits per heavy atom. The number of rotatable bonds is 18. The van der Waals surface area contributed by atoms with Gasteiger partial charge in [-0.25, -0.2) is 4.79 Å². The number of carboxylic acids is 3. The summed E-state index contributed by atoms with van der Waals surface area (Å²) in [7, 11) is 0. The van der Waals surface area contributed by atoms with Gasteiger partial charge in [-0.15, -0.1) is 0 Å². The Hall–Kier alpha value is -5.77. The van der Waals surface area contributed by atoms with E-state index in [0.29, 0.717) is 11.1 Å². The van der Waals surface area contributed by atoms with Gasteiger partial charge in [-0.1, -0.05) is 48.5 Å². The van der Waals surface area contributed by atoms with Crippen molar-refractivity contribution >= 4 is 52.4 Å². The summed E-state index contributed by atoms with van der Waals surface area (Å²) in [6.45, 7) is -0.412. The van der Waals surface area contributed by atoms with E-state index >= 15 is 0 Å². The molecule has 4 atom stereocenters. The number of benzene rings is 2. The first-order valence-electron chi connectivity index (χ1n) is 14.5. The Balaban J connectivity index is 1.88. The van der Waals surface area contributed by atoms with Crippen LogP contribution in [0.3, 0.4) is 0 Å². The third kappa shape index (κ3) is 11.0. The number of amides is 4. The normalized spacial score (nSPS) is 13.4. The van der Waals surface area contributed by atoms with Crippen LogP contribution in [0.5, 0.6) is 0 Å². The highest BCUT2D eigenvalue weighted by Gasteiger charge is 2.32. The summed E-state index contributed by atoms with van der Waals surface area (Å²) in [5, 5.41) is 37.9. The summed E-state index contributed by atoms with van der Waals surface area (Å²) < 4.78 is 0. The fourth-order valence-corrected chi connectivity index (χ4v) is 4.77. The van der Waals surface area contributed by atoms with Crippen LogP contribution in [0, 0.1) is 0 Å². The molecule has 0 fully saturated rings. The van der Waals surface area contributed by atoms with E-state index in [1.54, 1.807) is 36.5 Å². The number of fused-ring (bicyclic) bond motifs is 1. The number of aromatic amines is 1. The van der Waals surface area contributed by atoms with Crippen molar-refractivity contribution in [2.45, 2.75) is 56.3 Å². The highest BCUT2D eigenvalue weighted by molar-refractivity contribution is 5.96. The first-order valence-corrected chi connectivity index (χ1v) is 14.5. The lowest BCUT2D eigenvalue weighted by atomic mass is 10.0. The lowest BCUT2D eigenvalue weighted by Gasteiger charge is -2.26. The molecule has 0 spiro atoms. The molecule has 16 heteroatoms. The van der Waals surface area contributed by atoms with Gasteiger partial charge in [-0.2, -0.15) is 0 Å². The molecule has 3 rings (SSSR count). The molecular formula is C31H36N6O10. The van der Waals surface area contributed by atoms with E-state index in [2.05, 4.69) is 20.9 Å². The Labute approximate surface area is 268 Å². The van der Waals surface area contributed by atoms with Gasteiger partial charge in [0, 0.05) is 36.4 Å². The Bertz CT molecular complexity index is 1610. The monoisotopic (exact) mass is 652 g/mol. The zero-order chi connectivity index (χ0) is 34.5. The van der Waals surface area contributed by atoms with Gasteiger partial charge in [0.15, 0.2) is 0 Å². The molecule has 250 valence electrons. The molecule has 1 heterocycles. The maximum Gasteiger partial charge on any atom is 0.326 e. The first kappa shape index (κ1) is 35.7. The van der Waals surface area contributed by atoms with Crippen LogP contribution in [0.25, 0.3) is 10.9 Å². The van der Waals surface area contributed by atoms with E-state index in [0.717, 1.165) is 10.9 Å². The van der Waals surface area contributed by atoms with Gasteiger partial charge in [-0.05, 0) is 23.6 Å². The number of carbonyl (C=O) groups is 7. The van der Waals surface area contributed by atoms with Crippen molar-refractivity contribution < 1.29 is 48.9 Å². The molecule has 3 aromatic rings. The maximum atomic E-state index is 13.7. The fourth-order valence-electron chi connectivity index (χ4n) is 4.77. The minimum Gasteiger partial charge on any atom is -0.481 e. The van der Waals surface area contributed by atoms with Gasteiger partial charge in [0.05, 0.1) is 13.0 Å². The smallest absolute Gasteiger partial charge is 0.326 e. The van der Waals surface area contributed by atoms with E-state index in [1.165, 1.54) is 0 Å². The van der Waals surface area contributed by atoms with Crippen molar-refractivity contribution in [3.63, 3.8) is 0 Å². The SMILES string of the molecule is NCC(=O)N[C@@H](Cc1c[nH]c2ccccc12)C(=O)N[C@@H](Cc1ccccc1)C(=O)N[C@@H](CCC(=O)O)C(=O)N[C@@H](CC(=O)O)C(=O)O. The van der Waals surface area contributed by atoms with Crippen LogP contribution in [0.15, 0.2) is 60.8 Å². The summed E-state index contributed by atoms with van der Waals surface area (Å²) in [4.78, 5) is 89.7. The lowest BCUT2D eigenvalue weighted by Crippen LogP contribution is -2.59. The van der Waals surface area contributed by atoms with Gasteiger partial charge < -0.3 is 47.3 Å². The van der Waals surface area contributed by atoms with Crippen molar-refractivity contribution in [2.24, 2.45) is 5.73 Å². The number of hydrogen-bond acceptors (Lipinski definition) is 8. The minimum atomic E-state index is -1.86. The molecule has 1 aromatic heterocycles. The number of aromatic nitrogens is 1. The average molecular weight is 653 g/mol. The van der Waals surface area contributed by atoms with Crippen LogP contribution in [-0.2, 0) is 46.4 Å². The molecule has 0 aliphatic rings. The molecule has 0 saturated carbocycles. The molecule has 10 N–H and O–H groups in total. The zero-order valence-electron chi connectivity index (χ0n) is 25.1. The van der Waals surface area contributed by atoms with Gasteiger partial charge in [0.25, 0.3) is 0 Å². The Morgan fingerprint density at radius 1 is 0.681 bits per heavy atom. The quantitative estimate of drug-likeness (QED) is 0.0827. The third-order valence-electron chi connectivity index (χ3n) is 7.12.